The van der Waals surface area contributed by atoms with E-state index >= 15 is 0 Å². The molecule has 1 aliphatic heterocycles. The number of imide groups is 1. The van der Waals surface area contributed by atoms with Crippen LogP contribution in [0.5, 0.6) is 5.75 Å². The first kappa shape index (κ1) is 20.2. The van der Waals surface area contributed by atoms with Gasteiger partial charge in [-0.2, -0.15) is 0 Å². The highest BCUT2D eigenvalue weighted by Crippen LogP contribution is 2.33. The topological polar surface area (TPSA) is 58.6 Å². The molecular formula is C24H21BrN2O3. The van der Waals surface area contributed by atoms with E-state index in [4.69, 9.17) is 4.74 Å². The summed E-state index contributed by atoms with van der Waals surface area (Å²) in [5.74, 6) is 0.412. The molecule has 1 aliphatic rings. The lowest BCUT2D eigenvalue weighted by Crippen LogP contribution is -2.46. The van der Waals surface area contributed by atoms with Crippen molar-refractivity contribution in [2.75, 3.05) is 13.2 Å². The molecule has 3 aromatic carbocycles. The molecule has 3 aromatic rings. The van der Waals surface area contributed by atoms with Crippen molar-refractivity contribution < 1.29 is 14.3 Å². The highest BCUT2D eigenvalue weighted by molar-refractivity contribution is 9.10. The van der Waals surface area contributed by atoms with Gasteiger partial charge in [0.2, 0.25) is 0 Å². The second-order valence-electron chi connectivity index (χ2n) is 7.13. The number of urea groups is 1. The monoisotopic (exact) mass is 464 g/mol. The van der Waals surface area contributed by atoms with Crippen LogP contribution in [0.4, 0.5) is 4.79 Å². The third kappa shape index (κ3) is 4.09. The highest BCUT2D eigenvalue weighted by Gasteiger charge is 2.52. The third-order valence-electron chi connectivity index (χ3n) is 5.13. The van der Waals surface area contributed by atoms with E-state index in [-0.39, 0.29) is 19.1 Å². The molecular weight excluding hydrogens is 444 g/mol. The number of ether oxygens (including phenoxy) is 1. The van der Waals surface area contributed by atoms with Crippen molar-refractivity contribution in [1.29, 1.82) is 0 Å². The Morgan fingerprint density at radius 1 is 0.900 bits per heavy atom. The quantitative estimate of drug-likeness (QED) is 0.523. The number of amides is 3. The van der Waals surface area contributed by atoms with Gasteiger partial charge in [-0.3, -0.25) is 9.69 Å². The average Bonchev–Trinajstić information content (AvgIpc) is 3.00. The number of halogens is 1. The molecule has 6 heteroatoms. The van der Waals surface area contributed by atoms with Crippen molar-refractivity contribution in [2.45, 2.75) is 12.0 Å². The van der Waals surface area contributed by atoms with Gasteiger partial charge in [0.25, 0.3) is 5.91 Å². The Kier molecular flexibility index (Phi) is 5.86. The van der Waals surface area contributed by atoms with Gasteiger partial charge in [-0.1, -0.05) is 82.7 Å². The van der Waals surface area contributed by atoms with Crippen molar-refractivity contribution in [3.8, 4) is 5.75 Å². The Balaban J connectivity index is 1.56. The molecule has 0 radical (unpaired) electrons. The Bertz CT molecular complexity index is 1040. The number of rotatable bonds is 7. The van der Waals surface area contributed by atoms with E-state index in [1.807, 2.05) is 84.9 Å². The Morgan fingerprint density at radius 2 is 1.60 bits per heavy atom. The molecule has 4 rings (SSSR count). The van der Waals surface area contributed by atoms with Gasteiger partial charge in [0, 0.05) is 10.9 Å². The van der Waals surface area contributed by atoms with Crippen LogP contribution in [0.2, 0.25) is 0 Å². The van der Waals surface area contributed by atoms with Gasteiger partial charge in [-0.25, -0.2) is 4.79 Å². The molecule has 30 heavy (non-hydrogen) atoms. The molecule has 0 aromatic heterocycles. The summed E-state index contributed by atoms with van der Waals surface area (Å²) in [6.07, 6.45) is 0.380. The fraction of sp³-hybridized carbons (Fsp3) is 0.167. The minimum absolute atomic E-state index is 0.167. The zero-order chi connectivity index (χ0) is 21.0. The smallest absolute Gasteiger partial charge is 0.325 e. The molecule has 0 bridgehead atoms. The summed E-state index contributed by atoms with van der Waals surface area (Å²) in [4.78, 5) is 27.6. The second kappa shape index (κ2) is 8.71. The first-order chi connectivity index (χ1) is 14.6. The predicted molar refractivity (Wildman–Crippen MR) is 118 cm³/mol. The fourth-order valence-electron chi connectivity index (χ4n) is 3.68. The summed E-state index contributed by atoms with van der Waals surface area (Å²) < 4.78 is 6.64. The summed E-state index contributed by atoms with van der Waals surface area (Å²) >= 11 is 3.40. The minimum atomic E-state index is -1.13. The van der Waals surface area contributed by atoms with E-state index in [9.17, 15) is 9.59 Å². The maximum absolute atomic E-state index is 13.5. The predicted octanol–water partition coefficient (Wildman–Crippen LogP) is 4.52. The molecule has 152 valence electrons. The van der Waals surface area contributed by atoms with E-state index in [1.165, 1.54) is 4.90 Å². The van der Waals surface area contributed by atoms with Gasteiger partial charge < -0.3 is 10.1 Å². The molecule has 1 fully saturated rings. The molecule has 1 unspecified atom stereocenters. The Morgan fingerprint density at radius 3 is 2.30 bits per heavy atom. The lowest BCUT2D eigenvalue weighted by atomic mass is 9.83. The SMILES string of the molecule is O=C1NC(Cc2ccccc2)(c2ccccc2)C(=O)N1CCOc1cccc(Br)c1. The number of nitrogens with one attached hydrogen (secondary N) is 1. The zero-order valence-corrected chi connectivity index (χ0v) is 17.8. The second-order valence-corrected chi connectivity index (χ2v) is 8.04. The molecule has 1 N–H and O–H groups in total. The third-order valence-corrected chi connectivity index (χ3v) is 5.63. The normalized spacial score (nSPS) is 18.4. The highest BCUT2D eigenvalue weighted by atomic mass is 79.9. The van der Waals surface area contributed by atoms with E-state index < -0.39 is 11.6 Å². The van der Waals surface area contributed by atoms with Gasteiger partial charge in [-0.05, 0) is 29.3 Å². The van der Waals surface area contributed by atoms with E-state index in [2.05, 4.69) is 21.2 Å². The molecule has 3 amide bonds. The number of nitrogens with zero attached hydrogens (tertiary/aromatic N) is 1. The summed E-state index contributed by atoms with van der Waals surface area (Å²) in [5, 5.41) is 2.96. The standard InChI is InChI=1S/C24H21BrN2O3/c25-20-12-7-13-21(16-20)30-15-14-27-22(28)24(26-23(27)29,19-10-5-2-6-11-19)17-18-8-3-1-4-9-18/h1-13,16H,14-15,17H2,(H,26,29). The largest absolute Gasteiger partial charge is 0.492 e. The van der Waals surface area contributed by atoms with Gasteiger partial charge in [0.1, 0.15) is 12.4 Å². The minimum Gasteiger partial charge on any atom is -0.492 e. The number of hydrogen-bond acceptors (Lipinski definition) is 3. The molecule has 0 spiro atoms. The van der Waals surface area contributed by atoms with Crippen LogP contribution in [0.1, 0.15) is 11.1 Å². The zero-order valence-electron chi connectivity index (χ0n) is 16.3. The number of benzene rings is 3. The van der Waals surface area contributed by atoms with Crippen molar-refractivity contribution in [2.24, 2.45) is 0 Å². The van der Waals surface area contributed by atoms with Gasteiger partial charge >= 0.3 is 6.03 Å². The fourth-order valence-corrected chi connectivity index (χ4v) is 4.06. The molecule has 1 heterocycles. The molecule has 1 saturated heterocycles. The maximum Gasteiger partial charge on any atom is 0.325 e. The Hall–Kier alpha value is -3.12. The summed E-state index contributed by atoms with van der Waals surface area (Å²) in [6.45, 7) is 0.381. The van der Waals surface area contributed by atoms with Crippen LogP contribution < -0.4 is 10.1 Å². The van der Waals surface area contributed by atoms with E-state index in [0.717, 1.165) is 15.6 Å². The van der Waals surface area contributed by atoms with Crippen LogP contribution in [0.3, 0.4) is 0 Å². The van der Waals surface area contributed by atoms with Crippen LogP contribution in [0, 0.1) is 0 Å². The molecule has 1 atom stereocenters. The van der Waals surface area contributed by atoms with Crippen LogP contribution in [-0.4, -0.2) is 30.0 Å². The van der Waals surface area contributed by atoms with Crippen LogP contribution in [0.15, 0.2) is 89.4 Å². The Labute approximate surface area is 183 Å². The number of carbonyl (C=O) groups is 2. The number of carbonyl (C=O) groups excluding carboxylic acids is 2. The molecule has 0 saturated carbocycles. The van der Waals surface area contributed by atoms with E-state index in [1.54, 1.807) is 0 Å². The van der Waals surface area contributed by atoms with Crippen LogP contribution in [0.25, 0.3) is 0 Å². The summed E-state index contributed by atoms with van der Waals surface area (Å²) in [7, 11) is 0. The van der Waals surface area contributed by atoms with Crippen molar-refractivity contribution >= 4 is 27.9 Å². The van der Waals surface area contributed by atoms with Crippen LogP contribution >= 0.6 is 15.9 Å². The van der Waals surface area contributed by atoms with E-state index in [0.29, 0.717) is 12.2 Å². The van der Waals surface area contributed by atoms with Crippen molar-refractivity contribution in [3.05, 3.63) is 101 Å². The van der Waals surface area contributed by atoms with Crippen LogP contribution in [-0.2, 0) is 16.8 Å². The average molecular weight is 465 g/mol. The molecule has 5 nitrogen and oxygen atoms in total. The lowest BCUT2D eigenvalue weighted by Gasteiger charge is -2.27. The van der Waals surface area contributed by atoms with Crippen molar-refractivity contribution in [1.82, 2.24) is 10.2 Å². The lowest BCUT2D eigenvalue weighted by molar-refractivity contribution is -0.131. The maximum atomic E-state index is 13.5. The van der Waals surface area contributed by atoms with Crippen molar-refractivity contribution in [3.63, 3.8) is 0 Å². The summed E-state index contributed by atoms with van der Waals surface area (Å²) in [5.41, 5.74) is 0.611. The van der Waals surface area contributed by atoms with Gasteiger partial charge in [-0.15, -0.1) is 0 Å². The first-order valence-corrected chi connectivity index (χ1v) is 10.5. The summed E-state index contributed by atoms with van der Waals surface area (Å²) in [6, 6.07) is 26.2. The first-order valence-electron chi connectivity index (χ1n) is 9.70. The van der Waals surface area contributed by atoms with Gasteiger partial charge in [0.05, 0.1) is 6.54 Å². The number of hydrogen-bond donors (Lipinski definition) is 1. The molecule has 0 aliphatic carbocycles. The van der Waals surface area contributed by atoms with Gasteiger partial charge in [0.15, 0.2) is 5.54 Å².